The van der Waals surface area contributed by atoms with E-state index in [0.717, 1.165) is 0 Å². The van der Waals surface area contributed by atoms with Gasteiger partial charge in [0, 0.05) is 7.11 Å². The van der Waals surface area contributed by atoms with E-state index in [0.29, 0.717) is 0 Å². The molecule has 0 fully saturated rings. The average molecular weight is 187 g/mol. The minimum atomic E-state index is -4.38. The quantitative estimate of drug-likeness (QED) is 0.639. The van der Waals surface area contributed by atoms with Gasteiger partial charge in [-0.3, -0.25) is 0 Å². The summed E-state index contributed by atoms with van der Waals surface area (Å²) in [6.07, 6.45) is -4.38. The van der Waals surface area contributed by atoms with Crippen molar-refractivity contribution < 1.29 is 22.6 Å². The van der Waals surface area contributed by atoms with E-state index in [-0.39, 0.29) is 13.2 Å². The molecule has 0 aliphatic heterocycles. The molecule has 0 aromatic rings. The number of ether oxygens (including phenoxy) is 2. The highest BCUT2D eigenvalue weighted by Crippen LogP contribution is 2.18. The van der Waals surface area contributed by atoms with Gasteiger partial charge in [-0.05, 0) is 0 Å². The zero-order chi connectivity index (χ0) is 9.61. The second kappa shape index (κ2) is 5.34. The zero-order valence-electron chi connectivity index (χ0n) is 6.73. The van der Waals surface area contributed by atoms with Crippen LogP contribution in [0, 0.1) is 0 Å². The van der Waals surface area contributed by atoms with E-state index in [4.69, 9.17) is 5.73 Å². The predicted octanol–water partition coefficient (Wildman–Crippen LogP) is 0.539. The highest BCUT2D eigenvalue weighted by Gasteiger charge is 2.36. The topological polar surface area (TPSA) is 44.5 Å². The summed E-state index contributed by atoms with van der Waals surface area (Å²) >= 11 is 0. The standard InChI is InChI=1S/C6H12F3NO2/c1-11-2-3-12-4-5(10)6(7,8)9/h5H,2-4,10H2,1H3. The maximum Gasteiger partial charge on any atom is 0.405 e. The molecule has 0 radical (unpaired) electrons. The first-order valence-electron chi connectivity index (χ1n) is 3.37. The zero-order valence-corrected chi connectivity index (χ0v) is 6.73. The van der Waals surface area contributed by atoms with Gasteiger partial charge in [-0.15, -0.1) is 0 Å². The Morgan fingerprint density at radius 3 is 2.33 bits per heavy atom. The number of nitrogens with two attached hydrogens (primary N) is 1. The lowest BCUT2D eigenvalue weighted by molar-refractivity contribution is -0.160. The van der Waals surface area contributed by atoms with Crippen LogP contribution in [0.3, 0.4) is 0 Å². The average Bonchev–Trinajstić information content (AvgIpc) is 1.96. The lowest BCUT2D eigenvalue weighted by Gasteiger charge is -2.15. The maximum absolute atomic E-state index is 11.7. The lowest BCUT2D eigenvalue weighted by atomic mass is 10.3. The second-order valence-electron chi connectivity index (χ2n) is 2.22. The van der Waals surface area contributed by atoms with Gasteiger partial charge < -0.3 is 15.2 Å². The van der Waals surface area contributed by atoms with E-state index in [1.54, 1.807) is 0 Å². The van der Waals surface area contributed by atoms with Gasteiger partial charge in [0.15, 0.2) is 0 Å². The normalized spacial score (nSPS) is 14.8. The molecule has 0 aromatic heterocycles. The molecule has 0 aromatic carbocycles. The van der Waals surface area contributed by atoms with Gasteiger partial charge in [0.05, 0.1) is 19.8 Å². The fourth-order valence-electron chi connectivity index (χ4n) is 0.447. The molecule has 0 saturated carbocycles. The van der Waals surface area contributed by atoms with Crippen molar-refractivity contribution in [2.75, 3.05) is 26.9 Å². The van der Waals surface area contributed by atoms with Crippen molar-refractivity contribution in [3.8, 4) is 0 Å². The van der Waals surface area contributed by atoms with Crippen LogP contribution in [0.2, 0.25) is 0 Å². The number of rotatable bonds is 5. The second-order valence-corrected chi connectivity index (χ2v) is 2.22. The van der Waals surface area contributed by atoms with Crippen molar-refractivity contribution in [3.63, 3.8) is 0 Å². The number of hydrogen-bond donors (Lipinski definition) is 1. The highest BCUT2D eigenvalue weighted by molar-refractivity contribution is 4.68. The minimum Gasteiger partial charge on any atom is -0.382 e. The van der Waals surface area contributed by atoms with Gasteiger partial charge in [0.2, 0.25) is 0 Å². The van der Waals surface area contributed by atoms with Gasteiger partial charge in [0.25, 0.3) is 0 Å². The van der Waals surface area contributed by atoms with E-state index in [1.165, 1.54) is 7.11 Å². The minimum absolute atomic E-state index is 0.125. The molecule has 1 atom stereocenters. The first kappa shape index (κ1) is 11.7. The Hall–Kier alpha value is -0.330. The molecular weight excluding hydrogens is 175 g/mol. The van der Waals surface area contributed by atoms with Gasteiger partial charge in [-0.25, -0.2) is 0 Å². The van der Waals surface area contributed by atoms with Gasteiger partial charge in [-0.1, -0.05) is 0 Å². The van der Waals surface area contributed by atoms with E-state index in [1.807, 2.05) is 0 Å². The Morgan fingerprint density at radius 2 is 1.92 bits per heavy atom. The summed E-state index contributed by atoms with van der Waals surface area (Å²) in [5, 5.41) is 0. The molecule has 0 spiro atoms. The molecule has 0 bridgehead atoms. The molecule has 0 amide bonds. The van der Waals surface area contributed by atoms with Crippen molar-refractivity contribution in [2.45, 2.75) is 12.2 Å². The monoisotopic (exact) mass is 187 g/mol. The SMILES string of the molecule is COCCOCC(N)C(F)(F)F. The lowest BCUT2D eigenvalue weighted by Crippen LogP contribution is -2.41. The van der Waals surface area contributed by atoms with Crippen molar-refractivity contribution in [1.29, 1.82) is 0 Å². The third-order valence-corrected chi connectivity index (χ3v) is 1.15. The molecule has 3 nitrogen and oxygen atoms in total. The first-order valence-corrected chi connectivity index (χ1v) is 3.37. The van der Waals surface area contributed by atoms with Crippen molar-refractivity contribution in [3.05, 3.63) is 0 Å². The molecule has 0 saturated heterocycles. The van der Waals surface area contributed by atoms with Gasteiger partial charge >= 0.3 is 6.18 Å². The summed E-state index contributed by atoms with van der Waals surface area (Å²) < 4.78 is 44.3. The van der Waals surface area contributed by atoms with Gasteiger partial charge in [-0.2, -0.15) is 13.2 Å². The summed E-state index contributed by atoms with van der Waals surface area (Å²) in [6, 6.07) is -1.91. The Kier molecular flexibility index (Phi) is 5.19. The number of alkyl halides is 3. The van der Waals surface area contributed by atoms with Gasteiger partial charge in [0.1, 0.15) is 6.04 Å². The van der Waals surface area contributed by atoms with Crippen LogP contribution in [0.25, 0.3) is 0 Å². The molecule has 74 valence electrons. The Balaban J connectivity index is 3.38. The van der Waals surface area contributed by atoms with Crippen LogP contribution in [-0.4, -0.2) is 39.1 Å². The Bertz CT molecular complexity index is 118. The van der Waals surface area contributed by atoms with Crippen molar-refractivity contribution in [2.24, 2.45) is 5.73 Å². The molecule has 2 N–H and O–H groups in total. The van der Waals surface area contributed by atoms with Crippen molar-refractivity contribution in [1.82, 2.24) is 0 Å². The van der Waals surface area contributed by atoms with Crippen LogP contribution in [0.5, 0.6) is 0 Å². The summed E-state index contributed by atoms with van der Waals surface area (Å²) in [4.78, 5) is 0. The molecule has 0 aliphatic rings. The van der Waals surface area contributed by atoms with Crippen LogP contribution in [0.4, 0.5) is 13.2 Å². The molecule has 0 rings (SSSR count). The fraction of sp³-hybridized carbons (Fsp3) is 1.00. The predicted molar refractivity (Wildman–Crippen MR) is 36.7 cm³/mol. The van der Waals surface area contributed by atoms with Crippen LogP contribution in [0.15, 0.2) is 0 Å². The van der Waals surface area contributed by atoms with Crippen LogP contribution in [-0.2, 0) is 9.47 Å². The first-order chi connectivity index (χ1) is 5.48. The van der Waals surface area contributed by atoms with E-state index in [9.17, 15) is 13.2 Å². The number of halogens is 3. The van der Waals surface area contributed by atoms with E-state index in [2.05, 4.69) is 9.47 Å². The smallest absolute Gasteiger partial charge is 0.382 e. The molecule has 12 heavy (non-hydrogen) atoms. The third kappa shape index (κ3) is 5.34. The summed E-state index contributed by atoms with van der Waals surface area (Å²) in [7, 11) is 1.44. The molecule has 1 unspecified atom stereocenters. The van der Waals surface area contributed by atoms with Crippen LogP contribution >= 0.6 is 0 Å². The van der Waals surface area contributed by atoms with E-state index < -0.39 is 18.8 Å². The maximum atomic E-state index is 11.7. The third-order valence-electron chi connectivity index (χ3n) is 1.15. The van der Waals surface area contributed by atoms with E-state index >= 15 is 0 Å². The number of hydrogen-bond acceptors (Lipinski definition) is 3. The summed E-state index contributed by atoms with van der Waals surface area (Å²) in [5.74, 6) is 0. The Labute approximate surface area is 68.6 Å². The largest absolute Gasteiger partial charge is 0.405 e. The van der Waals surface area contributed by atoms with Crippen molar-refractivity contribution >= 4 is 0 Å². The molecule has 0 aliphatic carbocycles. The number of methoxy groups -OCH3 is 1. The highest BCUT2D eigenvalue weighted by atomic mass is 19.4. The molecular formula is C6H12F3NO2. The summed E-state index contributed by atoms with van der Waals surface area (Å²) in [6.45, 7) is -0.127. The fourth-order valence-corrected chi connectivity index (χ4v) is 0.447. The molecule has 6 heteroatoms. The van der Waals surface area contributed by atoms with Crippen LogP contribution in [0.1, 0.15) is 0 Å². The van der Waals surface area contributed by atoms with Crippen LogP contribution < -0.4 is 5.73 Å². The summed E-state index contributed by atoms with van der Waals surface area (Å²) in [5.41, 5.74) is 4.74. The molecule has 0 heterocycles. The Morgan fingerprint density at radius 1 is 1.33 bits per heavy atom.